The maximum atomic E-state index is 13.6. The smallest absolute Gasteiger partial charge is 0.335 e. The van der Waals surface area contributed by atoms with Crippen molar-refractivity contribution in [3.8, 4) is 11.8 Å². The van der Waals surface area contributed by atoms with E-state index >= 15 is 0 Å². The van der Waals surface area contributed by atoms with Crippen molar-refractivity contribution < 1.29 is 19.0 Å². The molecule has 0 atom stereocenters. The topological polar surface area (TPSA) is 70.3 Å². The quantitative estimate of drug-likeness (QED) is 0.928. The van der Waals surface area contributed by atoms with Crippen LogP contribution < -0.4 is 4.74 Å². The largest absolute Gasteiger partial charge is 0.486 e. The molecule has 0 unspecified atom stereocenters. The number of nitriles is 1. The summed E-state index contributed by atoms with van der Waals surface area (Å²) in [6.07, 6.45) is 0. The molecule has 1 N–H and O–H groups in total. The van der Waals surface area contributed by atoms with E-state index in [2.05, 4.69) is 0 Å². The zero-order valence-electron chi connectivity index (χ0n) is 10.3. The molecule has 4 nitrogen and oxygen atoms in total. The summed E-state index contributed by atoms with van der Waals surface area (Å²) in [7, 11) is 0. The SMILES string of the molecule is N#Cc1cccc(COc2ccc(C(=O)O)cc2F)c1. The highest BCUT2D eigenvalue weighted by atomic mass is 19.1. The van der Waals surface area contributed by atoms with Crippen molar-refractivity contribution in [3.05, 3.63) is 65.0 Å². The molecule has 0 heterocycles. The number of ether oxygens (including phenoxy) is 1. The number of carboxylic acids is 1. The van der Waals surface area contributed by atoms with Crippen molar-refractivity contribution in [2.45, 2.75) is 6.61 Å². The first-order valence-corrected chi connectivity index (χ1v) is 5.75. The van der Waals surface area contributed by atoms with Gasteiger partial charge in [-0.2, -0.15) is 5.26 Å². The Hall–Kier alpha value is -2.87. The minimum atomic E-state index is -1.20. The van der Waals surface area contributed by atoms with Crippen molar-refractivity contribution in [1.82, 2.24) is 0 Å². The molecule has 20 heavy (non-hydrogen) atoms. The number of benzene rings is 2. The third kappa shape index (κ3) is 3.12. The van der Waals surface area contributed by atoms with Gasteiger partial charge in [0.15, 0.2) is 11.6 Å². The van der Waals surface area contributed by atoms with E-state index in [1.807, 2.05) is 6.07 Å². The molecule has 0 radical (unpaired) electrons. The molecule has 0 saturated carbocycles. The lowest BCUT2D eigenvalue weighted by Crippen LogP contribution is -2.01. The van der Waals surface area contributed by atoms with E-state index in [9.17, 15) is 9.18 Å². The molecule has 100 valence electrons. The van der Waals surface area contributed by atoms with Gasteiger partial charge >= 0.3 is 5.97 Å². The number of nitrogens with zero attached hydrogens (tertiary/aromatic N) is 1. The average molecular weight is 271 g/mol. The molecule has 0 fully saturated rings. The van der Waals surface area contributed by atoms with E-state index < -0.39 is 11.8 Å². The van der Waals surface area contributed by atoms with Crippen LogP contribution in [0.5, 0.6) is 5.75 Å². The Morgan fingerprint density at radius 2 is 2.10 bits per heavy atom. The standard InChI is InChI=1S/C15H10FNO3/c16-13-7-12(15(18)19)4-5-14(13)20-9-11-3-1-2-10(6-11)8-17/h1-7H,9H2,(H,18,19). The Balaban J connectivity index is 2.11. The molecule has 2 rings (SSSR count). The summed E-state index contributed by atoms with van der Waals surface area (Å²) in [6.45, 7) is 0.0961. The maximum absolute atomic E-state index is 13.6. The average Bonchev–Trinajstić information content (AvgIpc) is 2.46. The lowest BCUT2D eigenvalue weighted by Gasteiger charge is -2.08. The Bertz CT molecular complexity index is 692. The number of hydrogen-bond acceptors (Lipinski definition) is 3. The zero-order valence-corrected chi connectivity index (χ0v) is 10.3. The normalized spacial score (nSPS) is 9.80. The van der Waals surface area contributed by atoms with Crippen molar-refractivity contribution in [2.24, 2.45) is 0 Å². The molecular formula is C15H10FNO3. The highest BCUT2D eigenvalue weighted by Crippen LogP contribution is 2.20. The Labute approximate surface area is 114 Å². The van der Waals surface area contributed by atoms with E-state index in [1.54, 1.807) is 24.3 Å². The second-order valence-corrected chi connectivity index (χ2v) is 4.05. The van der Waals surface area contributed by atoms with Crippen molar-refractivity contribution in [3.63, 3.8) is 0 Å². The fraction of sp³-hybridized carbons (Fsp3) is 0.0667. The molecule has 0 aromatic heterocycles. The molecule has 0 aliphatic carbocycles. The number of hydrogen-bond donors (Lipinski definition) is 1. The number of aromatic carboxylic acids is 1. The predicted octanol–water partition coefficient (Wildman–Crippen LogP) is 2.97. The predicted molar refractivity (Wildman–Crippen MR) is 68.8 cm³/mol. The van der Waals surface area contributed by atoms with Crippen LogP contribution >= 0.6 is 0 Å². The van der Waals surface area contributed by atoms with Gasteiger partial charge in [-0.1, -0.05) is 12.1 Å². The van der Waals surface area contributed by atoms with Gasteiger partial charge in [0.05, 0.1) is 17.2 Å². The summed E-state index contributed by atoms with van der Waals surface area (Å²) in [5.41, 5.74) is 1.08. The fourth-order valence-electron chi connectivity index (χ4n) is 1.64. The molecular weight excluding hydrogens is 261 g/mol. The van der Waals surface area contributed by atoms with Gasteiger partial charge in [0.1, 0.15) is 6.61 Å². The van der Waals surface area contributed by atoms with Crippen LogP contribution in [0.4, 0.5) is 4.39 Å². The summed E-state index contributed by atoms with van der Waals surface area (Å²) in [4.78, 5) is 10.7. The number of halogens is 1. The third-order valence-corrected chi connectivity index (χ3v) is 2.63. The van der Waals surface area contributed by atoms with Crippen LogP contribution in [0.2, 0.25) is 0 Å². The summed E-state index contributed by atoms with van der Waals surface area (Å²) < 4.78 is 18.9. The minimum Gasteiger partial charge on any atom is -0.486 e. The lowest BCUT2D eigenvalue weighted by molar-refractivity contribution is 0.0696. The van der Waals surface area contributed by atoms with Crippen molar-refractivity contribution in [1.29, 1.82) is 5.26 Å². The summed E-state index contributed by atoms with van der Waals surface area (Å²) in [6, 6.07) is 12.2. The Morgan fingerprint density at radius 1 is 1.30 bits per heavy atom. The summed E-state index contributed by atoms with van der Waals surface area (Å²) in [5, 5.41) is 17.5. The van der Waals surface area contributed by atoms with Crippen LogP contribution in [0.15, 0.2) is 42.5 Å². The molecule has 5 heteroatoms. The molecule has 0 aliphatic heterocycles. The van der Waals surface area contributed by atoms with Crippen molar-refractivity contribution >= 4 is 5.97 Å². The molecule has 2 aromatic rings. The van der Waals surface area contributed by atoms with Crippen LogP contribution in [0.3, 0.4) is 0 Å². The van der Waals surface area contributed by atoms with Crippen LogP contribution in [0.25, 0.3) is 0 Å². The molecule has 2 aromatic carbocycles. The molecule has 0 amide bonds. The zero-order chi connectivity index (χ0) is 14.5. The molecule has 0 spiro atoms. The summed E-state index contributed by atoms with van der Waals surface area (Å²) >= 11 is 0. The second-order valence-electron chi connectivity index (χ2n) is 4.05. The summed E-state index contributed by atoms with van der Waals surface area (Å²) in [5.74, 6) is -1.96. The third-order valence-electron chi connectivity index (χ3n) is 2.63. The molecule has 0 bridgehead atoms. The monoisotopic (exact) mass is 271 g/mol. The van der Waals surface area contributed by atoms with E-state index in [1.165, 1.54) is 12.1 Å². The highest BCUT2D eigenvalue weighted by Gasteiger charge is 2.09. The Kier molecular flexibility index (Phi) is 3.96. The van der Waals surface area contributed by atoms with Crippen LogP contribution in [-0.4, -0.2) is 11.1 Å². The Morgan fingerprint density at radius 3 is 2.75 bits per heavy atom. The highest BCUT2D eigenvalue weighted by molar-refractivity contribution is 5.87. The number of carboxylic acid groups (broad SMARTS) is 1. The van der Waals surface area contributed by atoms with E-state index in [0.717, 1.165) is 11.6 Å². The minimum absolute atomic E-state index is 0.0302. The van der Waals surface area contributed by atoms with Gasteiger partial charge in [-0.25, -0.2) is 9.18 Å². The number of carbonyl (C=O) groups is 1. The lowest BCUT2D eigenvalue weighted by atomic mass is 10.1. The van der Waals surface area contributed by atoms with Gasteiger partial charge in [0.25, 0.3) is 0 Å². The molecule has 0 aliphatic rings. The first-order chi connectivity index (χ1) is 9.60. The van der Waals surface area contributed by atoms with Crippen LogP contribution in [-0.2, 0) is 6.61 Å². The fourth-order valence-corrected chi connectivity index (χ4v) is 1.64. The van der Waals surface area contributed by atoms with Crippen LogP contribution in [0, 0.1) is 17.1 Å². The van der Waals surface area contributed by atoms with Gasteiger partial charge in [0.2, 0.25) is 0 Å². The number of rotatable bonds is 4. The van der Waals surface area contributed by atoms with Crippen LogP contribution in [0.1, 0.15) is 21.5 Å². The van der Waals surface area contributed by atoms with Gasteiger partial charge in [-0.15, -0.1) is 0 Å². The first-order valence-electron chi connectivity index (χ1n) is 5.75. The first kappa shape index (κ1) is 13.6. The van der Waals surface area contributed by atoms with Gasteiger partial charge < -0.3 is 9.84 Å². The molecule has 0 saturated heterocycles. The van der Waals surface area contributed by atoms with Gasteiger partial charge in [0, 0.05) is 0 Å². The van der Waals surface area contributed by atoms with E-state index in [-0.39, 0.29) is 17.9 Å². The second kappa shape index (κ2) is 5.85. The maximum Gasteiger partial charge on any atom is 0.335 e. The van der Waals surface area contributed by atoms with Crippen molar-refractivity contribution in [2.75, 3.05) is 0 Å². The van der Waals surface area contributed by atoms with E-state index in [4.69, 9.17) is 15.1 Å². The van der Waals surface area contributed by atoms with Gasteiger partial charge in [-0.05, 0) is 35.9 Å². The van der Waals surface area contributed by atoms with Gasteiger partial charge in [-0.3, -0.25) is 0 Å². The van der Waals surface area contributed by atoms with E-state index in [0.29, 0.717) is 5.56 Å².